The van der Waals surface area contributed by atoms with Crippen LogP contribution in [0.2, 0.25) is 0 Å². The van der Waals surface area contributed by atoms with Crippen LogP contribution >= 0.6 is 0 Å². The summed E-state index contributed by atoms with van der Waals surface area (Å²) in [4.78, 5) is 11.1. The Bertz CT molecular complexity index is 798. The molecule has 0 bridgehead atoms. The summed E-state index contributed by atoms with van der Waals surface area (Å²) >= 11 is 0. The molecule has 0 unspecified atom stereocenters. The van der Waals surface area contributed by atoms with Crippen LogP contribution in [0.15, 0.2) is 54.6 Å². The Morgan fingerprint density at radius 1 is 1.17 bits per heavy atom. The summed E-state index contributed by atoms with van der Waals surface area (Å²) in [7, 11) is 0. The summed E-state index contributed by atoms with van der Waals surface area (Å²) in [6.07, 6.45) is 5.18. The second-order valence-corrected chi connectivity index (χ2v) is 6.12. The van der Waals surface area contributed by atoms with Gasteiger partial charge in [-0.25, -0.2) is 4.39 Å². The van der Waals surface area contributed by atoms with E-state index in [9.17, 15) is 14.3 Å². The summed E-state index contributed by atoms with van der Waals surface area (Å²) in [5, 5.41) is 14.6. The van der Waals surface area contributed by atoms with Crippen LogP contribution < -0.4 is 10.4 Å². The van der Waals surface area contributed by atoms with Crippen LogP contribution in [0.5, 0.6) is 0 Å². The molecular weight excluding hydrogens is 293 g/mol. The van der Waals surface area contributed by atoms with Crippen molar-refractivity contribution >= 4 is 11.7 Å². The molecule has 0 amide bonds. The largest absolute Gasteiger partial charge is 0.545 e. The summed E-state index contributed by atoms with van der Waals surface area (Å²) in [5.41, 5.74) is 3.16. The van der Waals surface area contributed by atoms with Crippen LogP contribution in [0, 0.1) is 11.7 Å². The lowest BCUT2D eigenvalue weighted by atomic mass is 9.76. The highest BCUT2D eigenvalue weighted by molar-refractivity contribution is 5.87. The van der Waals surface area contributed by atoms with E-state index in [0.717, 1.165) is 23.2 Å². The molecule has 0 saturated heterocycles. The van der Waals surface area contributed by atoms with Crippen LogP contribution in [-0.2, 0) is 0 Å². The second kappa shape index (κ2) is 5.23. The quantitative estimate of drug-likeness (QED) is 0.868. The molecule has 4 rings (SSSR count). The third-order valence-corrected chi connectivity index (χ3v) is 4.83. The fourth-order valence-corrected chi connectivity index (χ4v) is 3.72. The predicted molar refractivity (Wildman–Crippen MR) is 83.5 cm³/mol. The van der Waals surface area contributed by atoms with E-state index < -0.39 is 5.97 Å². The van der Waals surface area contributed by atoms with Crippen LogP contribution in [-0.4, -0.2) is 5.97 Å². The van der Waals surface area contributed by atoms with Crippen molar-refractivity contribution in [3.05, 3.63) is 77.1 Å². The molecule has 0 aromatic heterocycles. The zero-order valence-electron chi connectivity index (χ0n) is 12.3. The molecule has 3 nitrogen and oxygen atoms in total. The molecule has 2 aromatic carbocycles. The Balaban J connectivity index is 1.77. The third kappa shape index (κ3) is 2.31. The maximum absolute atomic E-state index is 13.2. The van der Waals surface area contributed by atoms with E-state index in [0.29, 0.717) is 5.92 Å². The van der Waals surface area contributed by atoms with Gasteiger partial charge >= 0.3 is 0 Å². The van der Waals surface area contributed by atoms with Crippen LogP contribution in [0.3, 0.4) is 0 Å². The average Bonchev–Trinajstić information content (AvgIpc) is 3.04. The van der Waals surface area contributed by atoms with Gasteiger partial charge in [-0.1, -0.05) is 30.4 Å². The average molecular weight is 308 g/mol. The lowest BCUT2D eigenvalue weighted by Crippen LogP contribution is -2.30. The van der Waals surface area contributed by atoms with Gasteiger partial charge in [-0.3, -0.25) is 0 Å². The van der Waals surface area contributed by atoms with E-state index in [1.807, 2.05) is 12.1 Å². The van der Waals surface area contributed by atoms with E-state index in [1.165, 1.54) is 12.1 Å². The summed E-state index contributed by atoms with van der Waals surface area (Å²) < 4.78 is 13.2. The maximum atomic E-state index is 13.2. The molecule has 3 atom stereocenters. The smallest absolute Gasteiger partial charge is 0.123 e. The molecule has 1 aliphatic heterocycles. The SMILES string of the molecule is O=C([O-])c1ccc2c(c1)[C@H]1C=CC[C@@H]1[C@H](c1ccc(F)cc1)N2. The lowest BCUT2D eigenvalue weighted by Gasteiger charge is -2.37. The van der Waals surface area contributed by atoms with Gasteiger partial charge in [0.15, 0.2) is 0 Å². The topological polar surface area (TPSA) is 52.2 Å². The van der Waals surface area contributed by atoms with Gasteiger partial charge in [-0.15, -0.1) is 0 Å². The third-order valence-electron chi connectivity index (χ3n) is 4.83. The van der Waals surface area contributed by atoms with Crippen molar-refractivity contribution in [3.8, 4) is 0 Å². The number of halogens is 1. The molecule has 0 spiro atoms. The predicted octanol–water partition coefficient (Wildman–Crippen LogP) is 3.02. The van der Waals surface area contributed by atoms with Crippen molar-refractivity contribution in [1.82, 2.24) is 0 Å². The minimum Gasteiger partial charge on any atom is -0.545 e. The Morgan fingerprint density at radius 3 is 2.70 bits per heavy atom. The molecule has 1 N–H and O–H groups in total. The molecule has 2 aliphatic rings. The van der Waals surface area contributed by atoms with E-state index >= 15 is 0 Å². The standard InChI is InChI=1S/C19H16FNO2/c20-13-7-4-11(5-8-13)18-15-3-1-2-14(15)16-10-12(19(22)23)6-9-17(16)21-18/h1-2,4-10,14-15,18,21H,3H2,(H,22,23)/p-1/t14-,15-,18-/m0/s1. The van der Waals surface area contributed by atoms with Crippen molar-refractivity contribution in [2.24, 2.45) is 5.92 Å². The highest BCUT2D eigenvalue weighted by atomic mass is 19.1. The normalized spacial score (nSPS) is 24.7. The molecule has 1 heterocycles. The number of aromatic carboxylic acids is 1. The molecule has 4 heteroatoms. The van der Waals surface area contributed by atoms with Crippen molar-refractivity contribution < 1.29 is 14.3 Å². The minimum atomic E-state index is -1.16. The van der Waals surface area contributed by atoms with E-state index in [-0.39, 0.29) is 23.3 Å². The first-order chi connectivity index (χ1) is 11.1. The van der Waals surface area contributed by atoms with E-state index in [2.05, 4.69) is 17.5 Å². The van der Waals surface area contributed by atoms with Crippen LogP contribution in [0.25, 0.3) is 0 Å². The number of nitrogens with one attached hydrogen (secondary N) is 1. The molecule has 1 aliphatic carbocycles. The number of carbonyl (C=O) groups is 1. The van der Waals surface area contributed by atoms with Crippen molar-refractivity contribution in [2.75, 3.05) is 5.32 Å². The van der Waals surface area contributed by atoms with Gasteiger partial charge in [0.05, 0.1) is 12.0 Å². The molecule has 0 fully saturated rings. The molecule has 116 valence electrons. The molecule has 23 heavy (non-hydrogen) atoms. The Morgan fingerprint density at radius 2 is 1.96 bits per heavy atom. The Kier molecular flexibility index (Phi) is 3.18. The van der Waals surface area contributed by atoms with E-state index in [4.69, 9.17) is 0 Å². The summed E-state index contributed by atoms with van der Waals surface area (Å²) in [6.45, 7) is 0. The second-order valence-electron chi connectivity index (χ2n) is 6.12. The van der Waals surface area contributed by atoms with Gasteiger partial charge in [0.1, 0.15) is 5.82 Å². The molecular formula is C19H15FNO2-. The van der Waals surface area contributed by atoms with Gasteiger partial charge in [0.25, 0.3) is 0 Å². The van der Waals surface area contributed by atoms with Gasteiger partial charge < -0.3 is 15.2 Å². The number of anilines is 1. The van der Waals surface area contributed by atoms with Gasteiger partial charge in [0.2, 0.25) is 0 Å². The van der Waals surface area contributed by atoms with Crippen LogP contribution in [0.1, 0.15) is 39.9 Å². The van der Waals surface area contributed by atoms with Crippen molar-refractivity contribution in [2.45, 2.75) is 18.4 Å². The van der Waals surface area contributed by atoms with Gasteiger partial charge in [-0.05, 0) is 53.3 Å². The maximum Gasteiger partial charge on any atom is 0.123 e. The number of hydrogen-bond acceptors (Lipinski definition) is 3. The minimum absolute atomic E-state index is 0.0805. The zero-order chi connectivity index (χ0) is 16.0. The highest BCUT2D eigenvalue weighted by Crippen LogP contribution is 2.49. The number of allylic oxidation sites excluding steroid dienone is 2. The number of carbonyl (C=O) groups excluding carboxylic acids is 1. The lowest BCUT2D eigenvalue weighted by molar-refractivity contribution is -0.255. The number of benzene rings is 2. The Labute approximate surface area is 133 Å². The number of hydrogen-bond donors (Lipinski definition) is 1. The number of carboxylic acid groups (broad SMARTS) is 1. The number of rotatable bonds is 2. The van der Waals surface area contributed by atoms with E-state index in [1.54, 1.807) is 18.2 Å². The number of carboxylic acids is 1. The fourth-order valence-electron chi connectivity index (χ4n) is 3.72. The highest BCUT2D eigenvalue weighted by Gasteiger charge is 2.37. The van der Waals surface area contributed by atoms with Gasteiger partial charge in [-0.2, -0.15) is 0 Å². The number of fused-ring (bicyclic) bond motifs is 3. The van der Waals surface area contributed by atoms with Crippen LogP contribution in [0.4, 0.5) is 10.1 Å². The van der Waals surface area contributed by atoms with Crippen molar-refractivity contribution in [1.29, 1.82) is 0 Å². The zero-order valence-corrected chi connectivity index (χ0v) is 12.3. The molecule has 0 saturated carbocycles. The first kappa shape index (κ1) is 14.0. The fraction of sp³-hybridized carbons (Fsp3) is 0.211. The Hall–Kier alpha value is -2.62. The first-order valence-corrected chi connectivity index (χ1v) is 7.67. The molecule has 0 radical (unpaired) electrons. The van der Waals surface area contributed by atoms with Crippen molar-refractivity contribution in [3.63, 3.8) is 0 Å². The summed E-state index contributed by atoms with van der Waals surface area (Å²) in [5.74, 6) is -0.942. The first-order valence-electron chi connectivity index (χ1n) is 7.67. The van der Waals surface area contributed by atoms with Gasteiger partial charge in [0, 0.05) is 11.6 Å². The monoisotopic (exact) mass is 308 g/mol. The summed E-state index contributed by atoms with van der Waals surface area (Å²) in [6, 6.07) is 11.7. The molecule has 2 aromatic rings.